The number of allylic oxidation sites excluding steroid dienone is 2. The van der Waals surface area contributed by atoms with Gasteiger partial charge < -0.3 is 10.2 Å². The maximum absolute atomic E-state index is 12.2. The van der Waals surface area contributed by atoms with Gasteiger partial charge >= 0.3 is 0 Å². The number of piperidine rings is 1. The van der Waals surface area contributed by atoms with Gasteiger partial charge in [-0.1, -0.05) is 19.1 Å². The van der Waals surface area contributed by atoms with Crippen LogP contribution in [0, 0.1) is 11.8 Å². The van der Waals surface area contributed by atoms with Gasteiger partial charge in [-0.25, -0.2) is 0 Å². The van der Waals surface area contributed by atoms with Crippen LogP contribution >= 0.6 is 0 Å². The third kappa shape index (κ3) is 3.70. The highest BCUT2D eigenvalue weighted by Gasteiger charge is 2.19. The zero-order valence-electron chi connectivity index (χ0n) is 13.4. The Morgan fingerprint density at radius 3 is 2.45 bits per heavy atom. The van der Waals surface area contributed by atoms with Crippen LogP contribution in [0.2, 0.25) is 0 Å². The Balaban J connectivity index is 1.57. The first-order valence-electron chi connectivity index (χ1n) is 8.53. The molecule has 2 aliphatic rings. The van der Waals surface area contributed by atoms with Crippen LogP contribution in [0.25, 0.3) is 0 Å². The summed E-state index contributed by atoms with van der Waals surface area (Å²) in [6, 6.07) is 8.33. The second kappa shape index (κ2) is 6.99. The van der Waals surface area contributed by atoms with E-state index < -0.39 is 0 Å². The summed E-state index contributed by atoms with van der Waals surface area (Å²) in [4.78, 5) is 14.7. The average molecular weight is 298 g/mol. The van der Waals surface area contributed by atoms with Crippen molar-refractivity contribution >= 4 is 17.3 Å². The minimum atomic E-state index is 0.133. The van der Waals surface area contributed by atoms with Crippen LogP contribution in [0.1, 0.15) is 39.0 Å². The predicted molar refractivity (Wildman–Crippen MR) is 92.2 cm³/mol. The molecular formula is C19H26N2O. The van der Waals surface area contributed by atoms with Gasteiger partial charge in [0.05, 0.1) is 0 Å². The number of nitrogens with zero attached hydrogens (tertiary/aromatic N) is 1. The smallest absolute Gasteiger partial charge is 0.227 e. The summed E-state index contributed by atoms with van der Waals surface area (Å²) < 4.78 is 0. The number of hydrogen-bond acceptors (Lipinski definition) is 2. The Hall–Kier alpha value is -1.77. The molecule has 0 saturated carbocycles. The van der Waals surface area contributed by atoms with E-state index >= 15 is 0 Å². The molecule has 1 N–H and O–H groups in total. The molecule has 1 aromatic carbocycles. The first-order chi connectivity index (χ1) is 10.7. The Morgan fingerprint density at radius 2 is 1.82 bits per heavy atom. The van der Waals surface area contributed by atoms with Gasteiger partial charge in [-0.15, -0.1) is 0 Å². The molecule has 118 valence electrons. The van der Waals surface area contributed by atoms with Crippen LogP contribution in [-0.4, -0.2) is 19.0 Å². The predicted octanol–water partition coefficient (Wildman–Crippen LogP) is 4.22. The molecule has 1 amide bonds. The number of carbonyl (C=O) groups is 1. The quantitative estimate of drug-likeness (QED) is 0.847. The number of hydrogen-bond donors (Lipinski definition) is 1. The molecule has 1 aromatic rings. The third-order valence-electron chi connectivity index (χ3n) is 4.92. The largest absolute Gasteiger partial charge is 0.372 e. The fourth-order valence-corrected chi connectivity index (χ4v) is 3.30. The van der Waals surface area contributed by atoms with Gasteiger partial charge in [0.25, 0.3) is 0 Å². The van der Waals surface area contributed by atoms with E-state index in [0.29, 0.717) is 0 Å². The maximum atomic E-state index is 12.2. The van der Waals surface area contributed by atoms with Gasteiger partial charge in [-0.05, 0) is 62.3 Å². The summed E-state index contributed by atoms with van der Waals surface area (Å²) in [6.07, 6.45) is 9.68. The van der Waals surface area contributed by atoms with Gasteiger partial charge in [-0.3, -0.25) is 4.79 Å². The minimum Gasteiger partial charge on any atom is -0.372 e. The van der Waals surface area contributed by atoms with Crippen molar-refractivity contribution < 1.29 is 4.79 Å². The Kier molecular flexibility index (Phi) is 4.81. The summed E-state index contributed by atoms with van der Waals surface area (Å²) >= 11 is 0. The molecule has 1 aliphatic carbocycles. The van der Waals surface area contributed by atoms with Crippen LogP contribution in [0.4, 0.5) is 11.4 Å². The van der Waals surface area contributed by atoms with Gasteiger partial charge in [-0.2, -0.15) is 0 Å². The van der Waals surface area contributed by atoms with Crippen LogP contribution in [0.3, 0.4) is 0 Å². The van der Waals surface area contributed by atoms with Gasteiger partial charge in [0, 0.05) is 30.4 Å². The van der Waals surface area contributed by atoms with Gasteiger partial charge in [0.15, 0.2) is 0 Å². The van der Waals surface area contributed by atoms with Crippen molar-refractivity contribution in [1.82, 2.24) is 0 Å². The number of nitrogens with one attached hydrogen (secondary N) is 1. The van der Waals surface area contributed by atoms with Crippen molar-refractivity contribution in [2.24, 2.45) is 11.8 Å². The molecule has 0 bridgehead atoms. The number of carbonyl (C=O) groups excluding carboxylic acids is 1. The number of rotatable bonds is 3. The van der Waals surface area contributed by atoms with Crippen molar-refractivity contribution in [2.75, 3.05) is 23.3 Å². The van der Waals surface area contributed by atoms with Crippen LogP contribution in [-0.2, 0) is 4.79 Å². The second-order valence-corrected chi connectivity index (χ2v) is 6.69. The molecule has 0 spiro atoms. The summed E-state index contributed by atoms with van der Waals surface area (Å²) in [5.74, 6) is 1.14. The molecule has 1 heterocycles. The Labute approximate surface area is 133 Å². The van der Waals surface area contributed by atoms with Crippen LogP contribution in [0.5, 0.6) is 0 Å². The maximum Gasteiger partial charge on any atom is 0.227 e. The van der Waals surface area contributed by atoms with Crippen LogP contribution in [0.15, 0.2) is 36.4 Å². The molecule has 3 rings (SSSR count). The fraction of sp³-hybridized carbons (Fsp3) is 0.526. The summed E-state index contributed by atoms with van der Waals surface area (Å²) in [5.41, 5.74) is 2.18. The zero-order chi connectivity index (χ0) is 15.4. The molecule has 0 radical (unpaired) electrons. The first-order valence-corrected chi connectivity index (χ1v) is 8.53. The lowest BCUT2D eigenvalue weighted by atomic mass is 9.93. The molecule has 1 fully saturated rings. The highest BCUT2D eigenvalue weighted by atomic mass is 16.1. The number of benzene rings is 1. The molecule has 22 heavy (non-hydrogen) atoms. The van der Waals surface area contributed by atoms with E-state index in [-0.39, 0.29) is 11.8 Å². The molecule has 0 aromatic heterocycles. The molecule has 1 atom stereocenters. The third-order valence-corrected chi connectivity index (χ3v) is 4.92. The van der Waals surface area contributed by atoms with E-state index in [0.717, 1.165) is 44.0 Å². The highest BCUT2D eigenvalue weighted by Crippen LogP contribution is 2.25. The highest BCUT2D eigenvalue weighted by molar-refractivity contribution is 5.92. The lowest BCUT2D eigenvalue weighted by Crippen LogP contribution is -2.32. The van der Waals surface area contributed by atoms with E-state index in [4.69, 9.17) is 0 Å². The molecule has 1 aliphatic heterocycles. The molecular weight excluding hydrogens is 272 g/mol. The molecule has 3 nitrogen and oxygen atoms in total. The number of anilines is 2. The van der Waals surface area contributed by atoms with E-state index in [2.05, 4.69) is 41.4 Å². The minimum absolute atomic E-state index is 0.133. The Morgan fingerprint density at radius 1 is 1.09 bits per heavy atom. The lowest BCUT2D eigenvalue weighted by molar-refractivity contribution is -0.120. The molecule has 1 unspecified atom stereocenters. The van der Waals surface area contributed by atoms with Crippen LogP contribution < -0.4 is 10.2 Å². The van der Waals surface area contributed by atoms with Crippen molar-refractivity contribution in [1.29, 1.82) is 0 Å². The number of amides is 1. The molecule has 3 heteroatoms. The van der Waals surface area contributed by atoms with Crippen molar-refractivity contribution in [2.45, 2.75) is 39.0 Å². The van der Waals surface area contributed by atoms with E-state index in [1.165, 1.54) is 18.5 Å². The fourth-order valence-electron chi connectivity index (χ4n) is 3.30. The SMILES string of the molecule is CC1CCN(c2ccc(NC(=O)C3CC=CCC3)cc2)CC1. The van der Waals surface area contributed by atoms with Crippen molar-refractivity contribution in [3.8, 4) is 0 Å². The lowest BCUT2D eigenvalue weighted by Gasteiger charge is -2.32. The normalized spacial score (nSPS) is 22.6. The monoisotopic (exact) mass is 298 g/mol. The summed E-state index contributed by atoms with van der Waals surface area (Å²) in [6.45, 7) is 4.61. The van der Waals surface area contributed by atoms with Gasteiger partial charge in [0.2, 0.25) is 5.91 Å². The average Bonchev–Trinajstić information content (AvgIpc) is 2.57. The summed E-state index contributed by atoms with van der Waals surface area (Å²) in [7, 11) is 0. The van der Waals surface area contributed by atoms with Crippen molar-refractivity contribution in [3.63, 3.8) is 0 Å². The van der Waals surface area contributed by atoms with E-state index in [1.807, 2.05) is 12.1 Å². The van der Waals surface area contributed by atoms with Crippen molar-refractivity contribution in [3.05, 3.63) is 36.4 Å². The zero-order valence-corrected chi connectivity index (χ0v) is 13.4. The summed E-state index contributed by atoms with van der Waals surface area (Å²) in [5, 5.41) is 3.06. The van der Waals surface area contributed by atoms with E-state index in [9.17, 15) is 4.79 Å². The first kappa shape index (κ1) is 15.1. The molecule has 1 saturated heterocycles. The van der Waals surface area contributed by atoms with E-state index in [1.54, 1.807) is 0 Å². The Bertz CT molecular complexity index is 527. The topological polar surface area (TPSA) is 32.3 Å². The standard InChI is InChI=1S/C19H26N2O/c1-15-11-13-21(14-12-15)18-9-7-17(8-10-18)20-19(22)16-5-3-2-4-6-16/h2-3,7-10,15-16H,4-6,11-14H2,1H3,(H,20,22). The second-order valence-electron chi connectivity index (χ2n) is 6.69. The van der Waals surface area contributed by atoms with Gasteiger partial charge in [0.1, 0.15) is 0 Å².